The topological polar surface area (TPSA) is 154 Å². The number of hydrogen-bond acceptors (Lipinski definition) is 4. The van der Waals surface area contributed by atoms with Crippen molar-refractivity contribution in [1.82, 2.24) is 30.4 Å². The van der Waals surface area contributed by atoms with Crippen LogP contribution in [0, 0.1) is 0 Å². The third kappa shape index (κ3) is 5.76. The summed E-state index contributed by atoms with van der Waals surface area (Å²) in [6.45, 7) is 3.83. The molecule has 1 fully saturated rings. The number of H-pyrrole nitrogens is 1. The summed E-state index contributed by atoms with van der Waals surface area (Å²) in [5, 5.41) is 9.30. The van der Waals surface area contributed by atoms with Gasteiger partial charge in [0.15, 0.2) is 0 Å². The van der Waals surface area contributed by atoms with Crippen molar-refractivity contribution in [1.29, 1.82) is 0 Å². The number of amides is 5. The Morgan fingerprint density at radius 2 is 1.86 bits per heavy atom. The molecule has 37 heavy (non-hydrogen) atoms. The van der Waals surface area contributed by atoms with Crippen molar-refractivity contribution in [2.75, 3.05) is 6.54 Å². The monoisotopic (exact) mass is 507 g/mol. The fourth-order valence-corrected chi connectivity index (χ4v) is 4.74. The van der Waals surface area contributed by atoms with Crippen LogP contribution >= 0.6 is 0 Å². The van der Waals surface area contributed by atoms with Gasteiger partial charge in [-0.25, -0.2) is 4.79 Å². The van der Waals surface area contributed by atoms with Crippen LogP contribution in [0.4, 0.5) is 4.79 Å². The van der Waals surface area contributed by atoms with Crippen LogP contribution in [-0.4, -0.2) is 68.9 Å². The molecule has 11 heteroatoms. The molecule has 5 amide bonds. The Bertz CT molecular complexity index is 1310. The van der Waals surface area contributed by atoms with Crippen molar-refractivity contribution in [3.63, 3.8) is 0 Å². The van der Waals surface area contributed by atoms with Crippen LogP contribution in [0.1, 0.15) is 36.3 Å². The Labute approximate surface area is 214 Å². The van der Waals surface area contributed by atoms with Gasteiger partial charge in [0.25, 0.3) is 5.91 Å². The van der Waals surface area contributed by atoms with E-state index in [4.69, 9.17) is 5.73 Å². The average molecular weight is 508 g/mol. The van der Waals surface area contributed by atoms with Crippen LogP contribution in [-0.2, 0) is 23.1 Å². The zero-order valence-electron chi connectivity index (χ0n) is 21.2. The molecule has 3 aromatic rings. The van der Waals surface area contributed by atoms with Crippen LogP contribution in [0.3, 0.4) is 0 Å². The molecular weight excluding hydrogens is 474 g/mol. The number of urea groups is 1. The molecule has 11 nitrogen and oxygen atoms in total. The Balaban J connectivity index is 1.53. The molecule has 2 aromatic heterocycles. The van der Waals surface area contributed by atoms with Crippen molar-refractivity contribution in [3.05, 3.63) is 60.0 Å². The van der Waals surface area contributed by atoms with E-state index in [1.165, 1.54) is 4.90 Å². The molecule has 4 rings (SSSR count). The second-order valence-electron chi connectivity index (χ2n) is 9.71. The number of likely N-dealkylation sites (tertiary alicyclic amines) is 1. The highest BCUT2D eigenvalue weighted by atomic mass is 16.2. The highest BCUT2D eigenvalue weighted by Gasteiger charge is 2.42. The predicted octanol–water partition coefficient (Wildman–Crippen LogP) is 1.01. The Morgan fingerprint density at radius 1 is 1.11 bits per heavy atom. The van der Waals surface area contributed by atoms with Gasteiger partial charge in [-0.1, -0.05) is 18.2 Å². The van der Waals surface area contributed by atoms with Gasteiger partial charge in [0.05, 0.1) is 6.04 Å². The van der Waals surface area contributed by atoms with Gasteiger partial charge in [0.2, 0.25) is 11.8 Å². The normalized spacial score (nSPS) is 18.1. The minimum atomic E-state index is -0.977. The number of nitrogens with one attached hydrogen (secondary N) is 4. The summed E-state index contributed by atoms with van der Waals surface area (Å²) in [5.74, 6) is -1.52. The third-order valence-corrected chi connectivity index (χ3v) is 6.54. The molecule has 3 heterocycles. The highest BCUT2D eigenvalue weighted by molar-refractivity contribution is 5.98. The number of primary amides is 1. The second kappa shape index (κ2) is 10.8. The van der Waals surface area contributed by atoms with E-state index < -0.39 is 29.9 Å². The zero-order chi connectivity index (χ0) is 26.7. The van der Waals surface area contributed by atoms with Gasteiger partial charge >= 0.3 is 6.03 Å². The first-order chi connectivity index (χ1) is 17.6. The maximum Gasteiger partial charge on any atom is 0.315 e. The van der Waals surface area contributed by atoms with E-state index in [0.717, 1.165) is 16.5 Å². The Kier molecular flexibility index (Phi) is 7.51. The summed E-state index contributed by atoms with van der Waals surface area (Å²) < 4.78 is 1.67. The number of benzene rings is 1. The summed E-state index contributed by atoms with van der Waals surface area (Å²) in [6.07, 6.45) is 3.93. The van der Waals surface area contributed by atoms with E-state index in [0.29, 0.717) is 5.69 Å². The predicted molar refractivity (Wildman–Crippen MR) is 139 cm³/mol. The van der Waals surface area contributed by atoms with Crippen molar-refractivity contribution < 1.29 is 19.2 Å². The summed E-state index contributed by atoms with van der Waals surface area (Å²) >= 11 is 0. The molecule has 196 valence electrons. The number of hydrogen-bond donors (Lipinski definition) is 5. The van der Waals surface area contributed by atoms with Gasteiger partial charge in [-0.05, 0) is 44.0 Å². The average Bonchev–Trinajstić information content (AvgIpc) is 3.56. The van der Waals surface area contributed by atoms with E-state index >= 15 is 0 Å². The minimum absolute atomic E-state index is 0.0672. The quantitative estimate of drug-likeness (QED) is 0.309. The molecule has 0 spiro atoms. The fourth-order valence-electron chi connectivity index (χ4n) is 4.74. The fraction of sp³-hybridized carbons (Fsp3) is 0.385. The largest absolute Gasteiger partial charge is 0.368 e. The van der Waals surface area contributed by atoms with Gasteiger partial charge in [-0.15, -0.1) is 0 Å². The number of carbonyl (C=O) groups is 4. The lowest BCUT2D eigenvalue weighted by atomic mass is 10.0. The number of aromatic amines is 1. The molecule has 3 atom stereocenters. The lowest BCUT2D eigenvalue weighted by Crippen LogP contribution is -2.53. The number of para-hydroxylation sites is 1. The van der Waals surface area contributed by atoms with Gasteiger partial charge in [0.1, 0.15) is 17.8 Å². The molecule has 1 saturated heterocycles. The van der Waals surface area contributed by atoms with Crippen molar-refractivity contribution in [2.45, 2.75) is 50.9 Å². The van der Waals surface area contributed by atoms with Crippen molar-refractivity contribution in [2.24, 2.45) is 12.8 Å². The SMILES string of the molecule is CC(C)NC(=O)NC1CC(C(=O)NC(Cc2c[nH]c3ccccc23)C(N)=O)N(C(=O)c2cccn2C)C1. The van der Waals surface area contributed by atoms with Crippen LogP contribution in [0.25, 0.3) is 10.9 Å². The number of nitrogens with two attached hydrogens (primary N) is 1. The smallest absolute Gasteiger partial charge is 0.315 e. The number of carbonyl (C=O) groups excluding carboxylic acids is 4. The first-order valence-corrected chi connectivity index (χ1v) is 12.3. The van der Waals surface area contributed by atoms with Crippen LogP contribution in [0.2, 0.25) is 0 Å². The maximum absolute atomic E-state index is 13.5. The Morgan fingerprint density at radius 3 is 2.54 bits per heavy atom. The number of nitrogens with zero attached hydrogens (tertiary/aromatic N) is 2. The van der Waals surface area contributed by atoms with E-state index in [-0.39, 0.29) is 37.4 Å². The lowest BCUT2D eigenvalue weighted by molar-refractivity contribution is -0.129. The first-order valence-electron chi connectivity index (χ1n) is 12.3. The van der Waals surface area contributed by atoms with Crippen LogP contribution < -0.4 is 21.7 Å². The molecule has 1 aliphatic rings. The van der Waals surface area contributed by atoms with E-state index in [9.17, 15) is 19.2 Å². The molecule has 6 N–H and O–H groups in total. The second-order valence-corrected chi connectivity index (χ2v) is 9.71. The summed E-state index contributed by atoms with van der Waals surface area (Å²) in [5.41, 5.74) is 7.83. The number of fused-ring (bicyclic) bond motifs is 1. The zero-order valence-corrected chi connectivity index (χ0v) is 21.2. The van der Waals surface area contributed by atoms with E-state index in [2.05, 4.69) is 20.9 Å². The van der Waals surface area contributed by atoms with Gasteiger partial charge in [-0.3, -0.25) is 14.4 Å². The van der Waals surface area contributed by atoms with Gasteiger partial charge in [-0.2, -0.15) is 0 Å². The molecule has 0 radical (unpaired) electrons. The third-order valence-electron chi connectivity index (χ3n) is 6.54. The van der Waals surface area contributed by atoms with Gasteiger partial charge < -0.3 is 36.1 Å². The van der Waals surface area contributed by atoms with E-state index in [1.54, 1.807) is 36.1 Å². The standard InChI is InChI=1S/C26H33N7O4/c1-15(2)29-26(37)30-17-12-22(33(14-17)25(36)21-9-6-10-32(21)3)24(35)31-20(23(27)34)11-16-13-28-19-8-5-4-7-18(16)19/h4-10,13,15,17,20,22,28H,11-12,14H2,1-3H3,(H2,27,34)(H,31,35)(H2,29,30,37). The Hall–Kier alpha value is -4.28. The summed E-state index contributed by atoms with van der Waals surface area (Å²) in [4.78, 5) is 56.1. The summed E-state index contributed by atoms with van der Waals surface area (Å²) in [6, 6.07) is 8.31. The first kappa shape index (κ1) is 25.8. The van der Waals surface area contributed by atoms with Crippen molar-refractivity contribution >= 4 is 34.7 Å². The van der Waals surface area contributed by atoms with Crippen molar-refractivity contribution in [3.8, 4) is 0 Å². The molecule has 1 aromatic carbocycles. The summed E-state index contributed by atoms with van der Waals surface area (Å²) in [7, 11) is 1.74. The maximum atomic E-state index is 13.5. The molecule has 0 aliphatic carbocycles. The molecule has 0 saturated carbocycles. The molecule has 1 aliphatic heterocycles. The van der Waals surface area contributed by atoms with Crippen LogP contribution in [0.15, 0.2) is 48.8 Å². The number of aromatic nitrogens is 2. The molecule has 3 unspecified atom stereocenters. The molecule has 0 bridgehead atoms. The highest BCUT2D eigenvalue weighted by Crippen LogP contribution is 2.23. The van der Waals surface area contributed by atoms with E-state index in [1.807, 2.05) is 38.1 Å². The number of rotatable bonds is 8. The molecular formula is C26H33N7O4. The number of aryl methyl sites for hydroxylation is 1. The minimum Gasteiger partial charge on any atom is -0.368 e. The van der Waals surface area contributed by atoms with Gasteiger partial charge in [0, 0.05) is 49.4 Å². The lowest BCUT2D eigenvalue weighted by Gasteiger charge is -2.25. The van der Waals surface area contributed by atoms with Crippen LogP contribution in [0.5, 0.6) is 0 Å².